The molecule has 0 fully saturated rings. The summed E-state index contributed by atoms with van der Waals surface area (Å²) in [6.45, 7) is 2.56. The summed E-state index contributed by atoms with van der Waals surface area (Å²) in [4.78, 5) is 12.5. The lowest BCUT2D eigenvalue weighted by atomic mass is 10.2. The van der Waals surface area contributed by atoms with Crippen LogP contribution in [0.15, 0.2) is 60.8 Å². The zero-order valence-corrected chi connectivity index (χ0v) is 11.2. The zero-order valence-electron chi connectivity index (χ0n) is 11.2. The zero-order chi connectivity index (χ0) is 13.9. The molecule has 1 heterocycles. The van der Waals surface area contributed by atoms with Crippen molar-refractivity contribution in [2.45, 2.75) is 6.92 Å². The van der Waals surface area contributed by atoms with Gasteiger partial charge in [0.2, 0.25) is 0 Å². The minimum Gasteiger partial charge on any atom is -0.493 e. The fraction of sp³-hybridized carbons (Fsp3) is 0.118. The van der Waals surface area contributed by atoms with E-state index in [2.05, 4.69) is 0 Å². The van der Waals surface area contributed by atoms with E-state index < -0.39 is 0 Å². The van der Waals surface area contributed by atoms with Crippen LogP contribution in [0, 0.1) is 0 Å². The molecule has 0 radical (unpaired) electrons. The lowest BCUT2D eigenvalue weighted by molar-refractivity contribution is 0.0965. The number of hydrogen-bond acceptors (Lipinski definition) is 2. The second-order valence-corrected chi connectivity index (χ2v) is 4.48. The van der Waals surface area contributed by atoms with Gasteiger partial charge in [0.25, 0.3) is 5.91 Å². The minimum absolute atomic E-state index is 0.0331. The first kappa shape index (κ1) is 12.5. The third-order valence-corrected chi connectivity index (χ3v) is 3.23. The van der Waals surface area contributed by atoms with Crippen LogP contribution in [0.3, 0.4) is 0 Å². The van der Waals surface area contributed by atoms with Crippen LogP contribution in [-0.4, -0.2) is 17.1 Å². The lowest BCUT2D eigenvalue weighted by Gasteiger charge is -2.07. The van der Waals surface area contributed by atoms with Gasteiger partial charge in [-0.1, -0.05) is 24.3 Å². The molecule has 0 bridgehead atoms. The number of rotatable bonds is 3. The van der Waals surface area contributed by atoms with Gasteiger partial charge in [-0.3, -0.25) is 9.36 Å². The molecule has 0 saturated heterocycles. The van der Waals surface area contributed by atoms with Gasteiger partial charge in [-0.15, -0.1) is 0 Å². The van der Waals surface area contributed by atoms with Crippen LogP contribution in [0.1, 0.15) is 17.3 Å². The van der Waals surface area contributed by atoms with Gasteiger partial charge >= 0.3 is 0 Å². The Labute approximate surface area is 117 Å². The molecular formula is C17H15NO2. The summed E-state index contributed by atoms with van der Waals surface area (Å²) >= 11 is 0. The van der Waals surface area contributed by atoms with Crippen molar-refractivity contribution in [3.8, 4) is 5.75 Å². The molecule has 0 spiro atoms. The smallest absolute Gasteiger partial charge is 0.262 e. The monoisotopic (exact) mass is 265 g/mol. The van der Waals surface area contributed by atoms with Gasteiger partial charge < -0.3 is 4.74 Å². The van der Waals surface area contributed by atoms with Gasteiger partial charge in [0.1, 0.15) is 5.75 Å². The molecule has 3 heteroatoms. The molecule has 0 N–H and O–H groups in total. The van der Waals surface area contributed by atoms with Crippen molar-refractivity contribution < 1.29 is 9.53 Å². The number of hydrogen-bond donors (Lipinski definition) is 0. The van der Waals surface area contributed by atoms with E-state index in [1.807, 2.05) is 61.5 Å². The van der Waals surface area contributed by atoms with Crippen LogP contribution in [0.2, 0.25) is 0 Å². The molecule has 3 aromatic rings. The summed E-state index contributed by atoms with van der Waals surface area (Å²) in [6.07, 6.45) is 1.79. The summed E-state index contributed by atoms with van der Waals surface area (Å²) in [5, 5.41) is 0.957. The SMILES string of the molecule is CCOc1cccc2c1ccn2C(=O)c1ccccc1. The maximum atomic E-state index is 12.5. The molecule has 100 valence electrons. The van der Waals surface area contributed by atoms with Crippen molar-refractivity contribution in [1.29, 1.82) is 0 Å². The van der Waals surface area contributed by atoms with E-state index in [1.165, 1.54) is 0 Å². The van der Waals surface area contributed by atoms with Crippen molar-refractivity contribution in [3.63, 3.8) is 0 Å². The van der Waals surface area contributed by atoms with Gasteiger partial charge in [0, 0.05) is 17.1 Å². The van der Waals surface area contributed by atoms with Gasteiger partial charge in [-0.05, 0) is 37.3 Å². The van der Waals surface area contributed by atoms with Gasteiger partial charge in [0.15, 0.2) is 0 Å². The van der Waals surface area contributed by atoms with Crippen LogP contribution in [0.25, 0.3) is 10.9 Å². The Bertz CT molecular complexity index is 744. The number of carbonyl (C=O) groups excluding carboxylic acids is 1. The van der Waals surface area contributed by atoms with Crippen molar-refractivity contribution in [2.24, 2.45) is 0 Å². The highest BCUT2D eigenvalue weighted by Crippen LogP contribution is 2.27. The van der Waals surface area contributed by atoms with Crippen molar-refractivity contribution in [2.75, 3.05) is 6.61 Å². The normalized spacial score (nSPS) is 10.7. The maximum Gasteiger partial charge on any atom is 0.262 e. The fourth-order valence-electron chi connectivity index (χ4n) is 2.32. The number of ether oxygens (including phenoxy) is 1. The molecule has 0 aliphatic rings. The van der Waals surface area contributed by atoms with Gasteiger partial charge in [-0.2, -0.15) is 0 Å². The predicted octanol–water partition coefficient (Wildman–Crippen LogP) is 3.73. The van der Waals surface area contributed by atoms with Crippen molar-refractivity contribution in [3.05, 3.63) is 66.4 Å². The summed E-state index contributed by atoms with van der Waals surface area (Å²) < 4.78 is 7.25. The Balaban J connectivity index is 2.09. The van der Waals surface area contributed by atoms with Gasteiger partial charge in [0.05, 0.1) is 12.1 Å². The molecular weight excluding hydrogens is 250 g/mol. The number of aromatic nitrogens is 1. The minimum atomic E-state index is -0.0331. The van der Waals surface area contributed by atoms with E-state index >= 15 is 0 Å². The molecule has 2 aromatic carbocycles. The quantitative estimate of drug-likeness (QED) is 0.722. The van der Waals surface area contributed by atoms with Crippen LogP contribution in [0.5, 0.6) is 5.75 Å². The first-order valence-corrected chi connectivity index (χ1v) is 6.64. The van der Waals surface area contributed by atoms with E-state index in [9.17, 15) is 4.79 Å². The molecule has 0 aliphatic heterocycles. The van der Waals surface area contributed by atoms with Crippen LogP contribution < -0.4 is 4.74 Å². The fourth-order valence-corrected chi connectivity index (χ4v) is 2.32. The third kappa shape index (κ3) is 2.07. The highest BCUT2D eigenvalue weighted by molar-refractivity contribution is 6.03. The predicted molar refractivity (Wildman–Crippen MR) is 79.3 cm³/mol. The van der Waals surface area contributed by atoms with E-state index in [4.69, 9.17) is 4.74 Å². The highest BCUT2D eigenvalue weighted by atomic mass is 16.5. The third-order valence-electron chi connectivity index (χ3n) is 3.23. The Morgan fingerprint density at radius 2 is 1.85 bits per heavy atom. The molecule has 3 rings (SSSR count). The first-order chi connectivity index (χ1) is 9.81. The summed E-state index contributed by atoms with van der Waals surface area (Å²) in [7, 11) is 0. The highest BCUT2D eigenvalue weighted by Gasteiger charge is 2.12. The average molecular weight is 265 g/mol. The van der Waals surface area contributed by atoms with E-state index in [0.29, 0.717) is 12.2 Å². The first-order valence-electron chi connectivity index (χ1n) is 6.64. The molecule has 3 nitrogen and oxygen atoms in total. The summed E-state index contributed by atoms with van der Waals surface area (Å²) in [6, 6.07) is 16.9. The molecule has 20 heavy (non-hydrogen) atoms. The topological polar surface area (TPSA) is 31.2 Å². The average Bonchev–Trinajstić information content (AvgIpc) is 2.93. The van der Waals surface area contributed by atoms with E-state index in [0.717, 1.165) is 16.7 Å². The van der Waals surface area contributed by atoms with Crippen LogP contribution in [-0.2, 0) is 0 Å². The Hall–Kier alpha value is -2.55. The Morgan fingerprint density at radius 1 is 1.05 bits per heavy atom. The van der Waals surface area contributed by atoms with E-state index in [-0.39, 0.29) is 5.91 Å². The Kier molecular flexibility index (Phi) is 3.25. The second kappa shape index (κ2) is 5.21. The van der Waals surface area contributed by atoms with Crippen LogP contribution in [0.4, 0.5) is 0 Å². The molecule has 0 atom stereocenters. The number of fused-ring (bicyclic) bond motifs is 1. The standard InChI is InChI=1S/C17H15NO2/c1-2-20-16-10-6-9-15-14(16)11-12-18(15)17(19)13-7-4-3-5-8-13/h3-12H,2H2,1H3. The number of benzene rings is 2. The number of carbonyl (C=O) groups is 1. The molecule has 0 aliphatic carbocycles. The largest absolute Gasteiger partial charge is 0.493 e. The summed E-state index contributed by atoms with van der Waals surface area (Å²) in [5.41, 5.74) is 1.54. The van der Waals surface area contributed by atoms with Gasteiger partial charge in [-0.25, -0.2) is 0 Å². The van der Waals surface area contributed by atoms with Crippen molar-refractivity contribution >= 4 is 16.8 Å². The van der Waals surface area contributed by atoms with Crippen LogP contribution >= 0.6 is 0 Å². The second-order valence-electron chi connectivity index (χ2n) is 4.48. The lowest BCUT2D eigenvalue weighted by Crippen LogP contribution is -2.10. The van der Waals surface area contributed by atoms with Crippen molar-refractivity contribution in [1.82, 2.24) is 4.57 Å². The number of nitrogens with zero attached hydrogens (tertiary/aromatic N) is 1. The Morgan fingerprint density at radius 3 is 2.60 bits per heavy atom. The molecule has 0 saturated carbocycles. The summed E-state index contributed by atoms with van der Waals surface area (Å²) in [5.74, 6) is 0.777. The molecule has 0 unspecified atom stereocenters. The molecule has 1 aromatic heterocycles. The maximum absolute atomic E-state index is 12.5. The molecule has 0 amide bonds. The van der Waals surface area contributed by atoms with E-state index in [1.54, 1.807) is 10.8 Å².